The third-order valence-electron chi connectivity index (χ3n) is 2.61. The molecule has 2 heteroatoms. The van der Waals surface area contributed by atoms with E-state index in [1.165, 1.54) is 12.8 Å². The number of unbranched alkanes of at least 4 members (excludes halogenated alkanes) is 1. The van der Waals surface area contributed by atoms with Crippen molar-refractivity contribution in [1.82, 2.24) is 4.90 Å². The van der Waals surface area contributed by atoms with Crippen LogP contribution in [-0.2, 0) is 0 Å². The molecule has 0 aliphatic rings. The summed E-state index contributed by atoms with van der Waals surface area (Å²) >= 11 is 0. The first-order valence-electron chi connectivity index (χ1n) is 5.32. The van der Waals surface area contributed by atoms with Crippen LogP contribution in [-0.4, -0.2) is 23.5 Å². The Morgan fingerprint density at radius 1 is 1.31 bits per heavy atom. The molecule has 0 radical (unpaired) electrons. The highest BCUT2D eigenvalue weighted by Gasteiger charge is 2.17. The van der Waals surface area contributed by atoms with Gasteiger partial charge in [0.25, 0.3) is 0 Å². The second kappa shape index (κ2) is 6.91. The SMILES string of the molecule is CCCCN(C(C)C#N)C(C)CC. The molecule has 2 atom stereocenters. The molecule has 2 nitrogen and oxygen atoms in total. The third kappa shape index (κ3) is 4.28. The van der Waals surface area contributed by atoms with E-state index in [-0.39, 0.29) is 6.04 Å². The summed E-state index contributed by atoms with van der Waals surface area (Å²) in [4.78, 5) is 2.30. The molecular formula is C11H22N2. The van der Waals surface area contributed by atoms with Gasteiger partial charge in [0, 0.05) is 6.04 Å². The monoisotopic (exact) mass is 182 g/mol. The van der Waals surface area contributed by atoms with Gasteiger partial charge in [-0.15, -0.1) is 0 Å². The first kappa shape index (κ1) is 12.4. The predicted molar refractivity (Wildman–Crippen MR) is 56.4 cm³/mol. The number of rotatable bonds is 6. The Morgan fingerprint density at radius 2 is 1.92 bits per heavy atom. The summed E-state index contributed by atoms with van der Waals surface area (Å²) in [7, 11) is 0. The van der Waals surface area contributed by atoms with Crippen LogP contribution in [0.5, 0.6) is 0 Å². The van der Waals surface area contributed by atoms with E-state index < -0.39 is 0 Å². The van der Waals surface area contributed by atoms with Gasteiger partial charge in [-0.1, -0.05) is 20.3 Å². The molecule has 0 aromatic rings. The van der Waals surface area contributed by atoms with Crippen molar-refractivity contribution < 1.29 is 0 Å². The number of nitriles is 1. The van der Waals surface area contributed by atoms with Crippen molar-refractivity contribution in [1.29, 1.82) is 5.26 Å². The van der Waals surface area contributed by atoms with Gasteiger partial charge in [-0.25, -0.2) is 0 Å². The summed E-state index contributed by atoms with van der Waals surface area (Å²) in [5.74, 6) is 0. The normalized spacial score (nSPS) is 15.4. The molecule has 0 aromatic carbocycles. The van der Waals surface area contributed by atoms with Crippen LogP contribution >= 0.6 is 0 Å². The van der Waals surface area contributed by atoms with E-state index >= 15 is 0 Å². The standard InChI is InChI=1S/C11H22N2/c1-5-7-8-13(10(3)6-2)11(4)9-12/h10-11H,5-8H2,1-4H3. The molecule has 0 rings (SSSR count). The highest BCUT2D eigenvalue weighted by molar-refractivity contribution is 4.89. The fraction of sp³-hybridized carbons (Fsp3) is 0.909. The molecular weight excluding hydrogens is 160 g/mol. The van der Waals surface area contributed by atoms with Crippen LogP contribution in [0, 0.1) is 11.3 Å². The summed E-state index contributed by atoms with van der Waals surface area (Å²) in [6.45, 7) is 9.60. The van der Waals surface area contributed by atoms with Crippen LogP contribution in [0.15, 0.2) is 0 Å². The average molecular weight is 182 g/mol. The lowest BCUT2D eigenvalue weighted by Gasteiger charge is -2.30. The lowest BCUT2D eigenvalue weighted by Crippen LogP contribution is -2.39. The van der Waals surface area contributed by atoms with Gasteiger partial charge in [0.05, 0.1) is 12.1 Å². The fourth-order valence-corrected chi connectivity index (χ4v) is 1.45. The molecule has 2 unspecified atom stereocenters. The smallest absolute Gasteiger partial charge is 0.0951 e. The van der Waals surface area contributed by atoms with Gasteiger partial charge < -0.3 is 0 Å². The van der Waals surface area contributed by atoms with Crippen molar-refractivity contribution in [2.45, 2.75) is 59.0 Å². The van der Waals surface area contributed by atoms with E-state index in [1.54, 1.807) is 0 Å². The predicted octanol–water partition coefficient (Wildman–Crippen LogP) is 2.80. The molecule has 0 aliphatic heterocycles. The maximum absolute atomic E-state index is 8.86. The van der Waals surface area contributed by atoms with Crippen LogP contribution in [0.4, 0.5) is 0 Å². The first-order valence-corrected chi connectivity index (χ1v) is 5.32. The maximum Gasteiger partial charge on any atom is 0.0951 e. The van der Waals surface area contributed by atoms with Gasteiger partial charge in [-0.3, -0.25) is 4.90 Å². The highest BCUT2D eigenvalue weighted by atomic mass is 15.2. The minimum absolute atomic E-state index is 0.0569. The third-order valence-corrected chi connectivity index (χ3v) is 2.61. The van der Waals surface area contributed by atoms with E-state index in [9.17, 15) is 0 Å². The lowest BCUT2D eigenvalue weighted by molar-refractivity contribution is 0.177. The van der Waals surface area contributed by atoms with E-state index in [2.05, 4.69) is 31.7 Å². The van der Waals surface area contributed by atoms with Gasteiger partial charge in [0.1, 0.15) is 0 Å². The van der Waals surface area contributed by atoms with E-state index in [0.29, 0.717) is 6.04 Å². The summed E-state index contributed by atoms with van der Waals surface area (Å²) < 4.78 is 0. The molecule has 76 valence electrons. The van der Waals surface area contributed by atoms with E-state index in [4.69, 9.17) is 5.26 Å². The molecule has 0 aromatic heterocycles. The van der Waals surface area contributed by atoms with Crippen molar-refractivity contribution in [2.75, 3.05) is 6.54 Å². The Hall–Kier alpha value is -0.550. The Labute approximate surface area is 82.5 Å². The Morgan fingerprint density at radius 3 is 2.31 bits per heavy atom. The molecule has 0 spiro atoms. The van der Waals surface area contributed by atoms with Crippen molar-refractivity contribution in [2.24, 2.45) is 0 Å². The largest absolute Gasteiger partial charge is 0.286 e. The van der Waals surface area contributed by atoms with Crippen LogP contribution in [0.3, 0.4) is 0 Å². The topological polar surface area (TPSA) is 27.0 Å². The van der Waals surface area contributed by atoms with Crippen LogP contribution < -0.4 is 0 Å². The molecule has 0 aliphatic carbocycles. The van der Waals surface area contributed by atoms with E-state index in [1.807, 2.05) is 6.92 Å². The van der Waals surface area contributed by atoms with Crippen molar-refractivity contribution in [3.63, 3.8) is 0 Å². The number of nitrogens with zero attached hydrogens (tertiary/aromatic N) is 2. The minimum atomic E-state index is 0.0569. The zero-order chi connectivity index (χ0) is 10.3. The highest BCUT2D eigenvalue weighted by Crippen LogP contribution is 2.09. The lowest BCUT2D eigenvalue weighted by atomic mass is 10.1. The molecule has 0 saturated heterocycles. The Balaban J connectivity index is 4.11. The van der Waals surface area contributed by atoms with Gasteiger partial charge >= 0.3 is 0 Å². The molecule has 0 fully saturated rings. The molecule has 0 saturated carbocycles. The zero-order valence-corrected chi connectivity index (χ0v) is 9.38. The number of hydrogen-bond acceptors (Lipinski definition) is 2. The molecule has 0 heterocycles. The second-order valence-corrected chi connectivity index (χ2v) is 3.65. The Kier molecular flexibility index (Phi) is 6.62. The van der Waals surface area contributed by atoms with Crippen molar-refractivity contribution >= 4 is 0 Å². The molecule has 0 amide bonds. The fourth-order valence-electron chi connectivity index (χ4n) is 1.45. The summed E-state index contributed by atoms with van der Waals surface area (Å²) in [5, 5.41) is 8.86. The van der Waals surface area contributed by atoms with Gasteiger partial charge in [0.2, 0.25) is 0 Å². The van der Waals surface area contributed by atoms with Gasteiger partial charge in [-0.05, 0) is 33.2 Å². The first-order chi connectivity index (χ1) is 6.17. The van der Waals surface area contributed by atoms with Crippen molar-refractivity contribution in [3.05, 3.63) is 0 Å². The summed E-state index contributed by atoms with van der Waals surface area (Å²) in [6, 6.07) is 2.90. The van der Waals surface area contributed by atoms with E-state index in [0.717, 1.165) is 13.0 Å². The second-order valence-electron chi connectivity index (χ2n) is 3.65. The van der Waals surface area contributed by atoms with Crippen LogP contribution in [0.25, 0.3) is 0 Å². The molecule has 0 N–H and O–H groups in total. The number of hydrogen-bond donors (Lipinski definition) is 0. The molecule has 13 heavy (non-hydrogen) atoms. The Bertz CT molecular complexity index is 160. The van der Waals surface area contributed by atoms with Gasteiger partial charge in [-0.2, -0.15) is 5.26 Å². The van der Waals surface area contributed by atoms with Crippen LogP contribution in [0.1, 0.15) is 47.0 Å². The summed E-state index contributed by atoms with van der Waals surface area (Å²) in [6.07, 6.45) is 3.51. The van der Waals surface area contributed by atoms with Gasteiger partial charge in [0.15, 0.2) is 0 Å². The maximum atomic E-state index is 8.86. The van der Waals surface area contributed by atoms with Crippen molar-refractivity contribution in [3.8, 4) is 6.07 Å². The molecule has 0 bridgehead atoms. The summed E-state index contributed by atoms with van der Waals surface area (Å²) in [5.41, 5.74) is 0. The average Bonchev–Trinajstić information content (AvgIpc) is 2.17. The minimum Gasteiger partial charge on any atom is -0.286 e. The van der Waals surface area contributed by atoms with Crippen LogP contribution in [0.2, 0.25) is 0 Å². The zero-order valence-electron chi connectivity index (χ0n) is 9.38. The quantitative estimate of drug-likeness (QED) is 0.631.